The fraction of sp³-hybridized carbons (Fsp3) is 0.458. The summed E-state index contributed by atoms with van der Waals surface area (Å²) in [6, 6.07) is 8.49. The van der Waals surface area contributed by atoms with E-state index in [1.54, 1.807) is 15.6 Å². The van der Waals surface area contributed by atoms with Crippen LogP contribution in [0.5, 0.6) is 0 Å². The normalized spacial score (nSPS) is 21.8. The number of thiophene rings is 1. The quantitative estimate of drug-likeness (QED) is 0.408. The predicted octanol–water partition coefficient (Wildman–Crippen LogP) is 2.61. The van der Waals surface area contributed by atoms with Crippen LogP contribution in [0.3, 0.4) is 0 Å². The second-order valence-corrected chi connectivity index (χ2v) is 12.7. The molecular formula is C24H29N7O3S2. The third-order valence-electron chi connectivity index (χ3n) is 7.15. The van der Waals surface area contributed by atoms with Crippen molar-refractivity contribution in [3.63, 3.8) is 0 Å². The molecule has 0 bridgehead atoms. The molecule has 5 heterocycles. The van der Waals surface area contributed by atoms with E-state index in [9.17, 15) is 8.42 Å². The molecule has 2 saturated heterocycles. The van der Waals surface area contributed by atoms with E-state index in [0.717, 1.165) is 46.2 Å². The summed E-state index contributed by atoms with van der Waals surface area (Å²) in [5.74, 6) is 0.715. The van der Waals surface area contributed by atoms with Crippen molar-refractivity contribution in [1.82, 2.24) is 29.4 Å². The molecule has 190 valence electrons. The monoisotopic (exact) mass is 527 g/mol. The molecule has 2 aliphatic rings. The first kappa shape index (κ1) is 23.7. The van der Waals surface area contributed by atoms with E-state index in [2.05, 4.69) is 44.2 Å². The fourth-order valence-electron chi connectivity index (χ4n) is 5.15. The van der Waals surface area contributed by atoms with Crippen LogP contribution in [0.4, 0.5) is 5.95 Å². The van der Waals surface area contributed by atoms with Crippen LogP contribution >= 0.6 is 11.3 Å². The highest BCUT2D eigenvalue weighted by Gasteiger charge is 2.31. The highest BCUT2D eigenvalue weighted by Crippen LogP contribution is 2.31. The SMILES string of the molecule is CN(Cc1cc2nc(N3CCOC(c4cccc5[nH]ncc45)C3)ncc2s1)C1CCN(S(C)(=O)=O)C1. The van der Waals surface area contributed by atoms with Crippen molar-refractivity contribution in [2.45, 2.75) is 25.1 Å². The molecular weight excluding hydrogens is 498 g/mol. The summed E-state index contributed by atoms with van der Waals surface area (Å²) in [4.78, 5) is 15.2. The second-order valence-electron chi connectivity index (χ2n) is 9.59. The van der Waals surface area contributed by atoms with Crippen LogP contribution in [-0.4, -0.2) is 89.9 Å². The Morgan fingerprint density at radius 1 is 1.25 bits per heavy atom. The molecule has 2 atom stereocenters. The molecule has 0 saturated carbocycles. The van der Waals surface area contributed by atoms with Crippen molar-refractivity contribution >= 4 is 48.4 Å². The van der Waals surface area contributed by atoms with Gasteiger partial charge in [-0.3, -0.25) is 10.00 Å². The average molecular weight is 528 g/mol. The zero-order valence-electron chi connectivity index (χ0n) is 20.3. The number of morpholine rings is 1. The number of fused-ring (bicyclic) bond motifs is 2. The number of rotatable bonds is 6. The molecule has 12 heteroatoms. The van der Waals surface area contributed by atoms with Crippen molar-refractivity contribution in [1.29, 1.82) is 0 Å². The van der Waals surface area contributed by atoms with Gasteiger partial charge in [0.1, 0.15) is 6.10 Å². The van der Waals surface area contributed by atoms with Gasteiger partial charge in [0, 0.05) is 42.5 Å². The fourth-order valence-corrected chi connectivity index (χ4v) is 7.06. The Kier molecular flexibility index (Phi) is 6.16. The Bertz CT molecular complexity index is 1500. The molecule has 0 radical (unpaired) electrons. The van der Waals surface area contributed by atoms with Crippen molar-refractivity contribution in [2.75, 3.05) is 51.0 Å². The summed E-state index contributed by atoms with van der Waals surface area (Å²) < 4.78 is 32.5. The number of aromatic amines is 1. The topological polar surface area (TPSA) is 108 Å². The van der Waals surface area contributed by atoms with Crippen molar-refractivity contribution in [2.24, 2.45) is 0 Å². The lowest BCUT2D eigenvalue weighted by atomic mass is 10.0. The molecule has 0 spiro atoms. The molecule has 2 unspecified atom stereocenters. The van der Waals surface area contributed by atoms with E-state index in [-0.39, 0.29) is 12.1 Å². The van der Waals surface area contributed by atoms with E-state index < -0.39 is 10.0 Å². The van der Waals surface area contributed by atoms with Gasteiger partial charge < -0.3 is 9.64 Å². The van der Waals surface area contributed by atoms with Gasteiger partial charge >= 0.3 is 0 Å². The number of H-pyrrole nitrogens is 1. The van der Waals surface area contributed by atoms with Crippen LogP contribution < -0.4 is 4.90 Å². The standard InChI is InChI=1S/C24H29N7O3S2/c1-29(16-6-7-31(13-16)36(2,32)33)14-17-10-21-23(35-17)12-25-24(27-21)30-8-9-34-22(15-30)18-4-3-5-20-19(18)11-26-28-20/h3-5,10-12,16,22H,6-9,13-15H2,1-2H3,(H,26,28). The number of aromatic nitrogens is 4. The zero-order valence-corrected chi connectivity index (χ0v) is 21.9. The Labute approximate surface area is 213 Å². The van der Waals surface area contributed by atoms with Crippen LogP contribution in [0.1, 0.15) is 23.0 Å². The number of nitrogens with zero attached hydrogens (tertiary/aromatic N) is 6. The van der Waals surface area contributed by atoms with E-state index in [1.165, 1.54) is 11.1 Å². The summed E-state index contributed by atoms with van der Waals surface area (Å²) in [6.07, 6.45) is 5.82. The maximum atomic E-state index is 11.9. The molecule has 2 fully saturated rings. The number of ether oxygens (including phenoxy) is 1. The first-order valence-corrected chi connectivity index (χ1v) is 14.7. The lowest BCUT2D eigenvalue weighted by molar-refractivity contribution is 0.0402. The number of benzene rings is 1. The zero-order chi connectivity index (χ0) is 24.9. The Balaban J connectivity index is 1.17. The van der Waals surface area contributed by atoms with E-state index in [1.807, 2.05) is 24.5 Å². The third-order valence-corrected chi connectivity index (χ3v) is 9.46. The number of anilines is 1. The highest BCUT2D eigenvalue weighted by molar-refractivity contribution is 7.88. The number of likely N-dealkylation sites (N-methyl/N-ethyl adjacent to an activating group) is 1. The van der Waals surface area contributed by atoms with E-state index >= 15 is 0 Å². The number of hydrogen-bond acceptors (Lipinski definition) is 9. The van der Waals surface area contributed by atoms with Gasteiger partial charge in [-0.05, 0) is 31.2 Å². The number of sulfonamides is 1. The molecule has 10 nitrogen and oxygen atoms in total. The predicted molar refractivity (Wildman–Crippen MR) is 141 cm³/mol. The smallest absolute Gasteiger partial charge is 0.226 e. The van der Waals surface area contributed by atoms with Crippen LogP contribution in [0.2, 0.25) is 0 Å². The number of hydrogen-bond donors (Lipinski definition) is 1. The molecule has 6 rings (SSSR count). The Hall–Kier alpha value is -2.64. The minimum atomic E-state index is -3.13. The molecule has 4 aromatic rings. The lowest BCUT2D eigenvalue weighted by Crippen LogP contribution is -2.39. The second kappa shape index (κ2) is 9.34. The van der Waals surface area contributed by atoms with Gasteiger partial charge in [-0.25, -0.2) is 22.7 Å². The number of nitrogens with one attached hydrogen (secondary N) is 1. The molecule has 1 aromatic carbocycles. The molecule has 0 amide bonds. The summed E-state index contributed by atoms with van der Waals surface area (Å²) >= 11 is 1.69. The lowest BCUT2D eigenvalue weighted by Gasteiger charge is -2.33. The minimum absolute atomic E-state index is 0.0797. The van der Waals surface area contributed by atoms with Gasteiger partial charge in [-0.2, -0.15) is 5.10 Å². The van der Waals surface area contributed by atoms with Gasteiger partial charge in [0.15, 0.2) is 0 Å². The average Bonchev–Trinajstić information content (AvgIpc) is 3.62. The van der Waals surface area contributed by atoms with Crippen LogP contribution in [0.15, 0.2) is 36.7 Å². The van der Waals surface area contributed by atoms with Crippen molar-refractivity contribution < 1.29 is 13.2 Å². The van der Waals surface area contributed by atoms with Crippen molar-refractivity contribution in [3.05, 3.63) is 47.1 Å². The summed E-state index contributed by atoms with van der Waals surface area (Å²) in [7, 11) is -1.07. The summed E-state index contributed by atoms with van der Waals surface area (Å²) in [5.41, 5.74) is 3.06. The van der Waals surface area contributed by atoms with Gasteiger partial charge in [0.2, 0.25) is 16.0 Å². The highest BCUT2D eigenvalue weighted by atomic mass is 32.2. The van der Waals surface area contributed by atoms with Gasteiger partial charge in [0.25, 0.3) is 0 Å². The Morgan fingerprint density at radius 3 is 2.97 bits per heavy atom. The largest absolute Gasteiger partial charge is 0.370 e. The molecule has 0 aliphatic carbocycles. The van der Waals surface area contributed by atoms with Gasteiger partial charge in [0.05, 0.1) is 47.5 Å². The summed E-state index contributed by atoms with van der Waals surface area (Å²) in [5, 5.41) is 8.29. The van der Waals surface area contributed by atoms with E-state index in [4.69, 9.17) is 9.72 Å². The van der Waals surface area contributed by atoms with Crippen molar-refractivity contribution in [3.8, 4) is 0 Å². The third kappa shape index (κ3) is 4.59. The maximum Gasteiger partial charge on any atom is 0.226 e. The van der Waals surface area contributed by atoms with Crippen LogP contribution in [0.25, 0.3) is 21.1 Å². The molecule has 36 heavy (non-hydrogen) atoms. The molecule has 1 N–H and O–H groups in total. The van der Waals surface area contributed by atoms with Gasteiger partial charge in [-0.15, -0.1) is 11.3 Å². The summed E-state index contributed by atoms with van der Waals surface area (Å²) in [6.45, 7) is 3.91. The molecule has 2 aliphatic heterocycles. The molecule has 3 aromatic heterocycles. The first-order valence-electron chi connectivity index (χ1n) is 12.0. The Morgan fingerprint density at radius 2 is 2.14 bits per heavy atom. The maximum absolute atomic E-state index is 11.9. The minimum Gasteiger partial charge on any atom is -0.370 e. The van der Waals surface area contributed by atoms with Gasteiger partial charge in [-0.1, -0.05) is 12.1 Å². The van der Waals surface area contributed by atoms with Crippen LogP contribution in [0, 0.1) is 0 Å². The van der Waals surface area contributed by atoms with E-state index in [0.29, 0.717) is 32.2 Å². The first-order chi connectivity index (χ1) is 17.3. The van der Waals surface area contributed by atoms with Crippen LogP contribution in [-0.2, 0) is 21.3 Å².